The summed E-state index contributed by atoms with van der Waals surface area (Å²) in [5, 5.41) is 19.2. The predicted molar refractivity (Wildman–Crippen MR) is 105 cm³/mol. The molecule has 8 heteroatoms. The van der Waals surface area contributed by atoms with Gasteiger partial charge in [-0.2, -0.15) is 0 Å². The molecule has 6 nitrogen and oxygen atoms in total. The Kier molecular flexibility index (Phi) is 6.46. The molecule has 1 atom stereocenters. The van der Waals surface area contributed by atoms with E-state index in [1.807, 2.05) is 19.9 Å². The van der Waals surface area contributed by atoms with Crippen LogP contribution in [0.25, 0.3) is 22.5 Å². The molecule has 2 heterocycles. The molecular formula is C21H25F2N3O3. The molecule has 2 N–H and O–H groups in total. The zero-order chi connectivity index (χ0) is 21.1. The number of hydrogen-bond donors (Lipinski definition) is 2. The lowest BCUT2D eigenvalue weighted by molar-refractivity contribution is 0.0815. The Morgan fingerprint density at radius 1 is 1.17 bits per heavy atom. The first kappa shape index (κ1) is 21.2. The molecule has 0 saturated heterocycles. The second-order valence-corrected chi connectivity index (χ2v) is 6.99. The van der Waals surface area contributed by atoms with Crippen LogP contribution >= 0.6 is 0 Å². The van der Waals surface area contributed by atoms with Crippen LogP contribution in [0.1, 0.15) is 11.4 Å². The Bertz CT molecular complexity index is 997. The van der Waals surface area contributed by atoms with E-state index >= 15 is 0 Å². The molecule has 0 aliphatic carbocycles. The molecule has 1 aromatic carbocycles. The summed E-state index contributed by atoms with van der Waals surface area (Å²) in [6.07, 6.45) is 0.559. The highest BCUT2D eigenvalue weighted by molar-refractivity contribution is 5.80. The number of ether oxygens (including phenoxy) is 1. The third-order valence-electron chi connectivity index (χ3n) is 5.00. The number of nitrogens with zero attached hydrogens (tertiary/aromatic N) is 3. The van der Waals surface area contributed by atoms with Gasteiger partial charge in [-0.1, -0.05) is 0 Å². The molecule has 0 radical (unpaired) electrons. The minimum Gasteiger partial charge on any atom is -0.394 e. The average Bonchev–Trinajstić information content (AvgIpc) is 3.22. The maximum absolute atomic E-state index is 13.9. The number of aliphatic hydroxyl groups is 2. The summed E-state index contributed by atoms with van der Waals surface area (Å²) in [7, 11) is 1.64. The highest BCUT2D eigenvalue weighted by Gasteiger charge is 2.22. The number of aryl methyl sites for hydroxylation is 1. The molecule has 3 rings (SSSR count). The number of aliphatic hydroxyl groups excluding tert-OH is 2. The summed E-state index contributed by atoms with van der Waals surface area (Å²) in [6, 6.07) is 5.64. The highest BCUT2D eigenvalue weighted by Crippen LogP contribution is 2.35. The fourth-order valence-electron chi connectivity index (χ4n) is 3.51. The van der Waals surface area contributed by atoms with Crippen LogP contribution in [0.15, 0.2) is 30.6 Å². The standard InChI is InChI=1S/C21H25F2N3O3/c1-13-8-17(14(2)26(13)6-7-29-3)21-20(15-4-5-18(22)19(23)9-15)24-12-25(21)10-16(28)11-27/h4-5,8-9,12,16,27-28H,6-7,10-11H2,1-3H3. The van der Waals surface area contributed by atoms with E-state index in [2.05, 4.69) is 9.55 Å². The lowest BCUT2D eigenvalue weighted by Crippen LogP contribution is -2.20. The summed E-state index contributed by atoms with van der Waals surface area (Å²) >= 11 is 0. The number of benzene rings is 1. The Balaban J connectivity index is 2.17. The summed E-state index contributed by atoms with van der Waals surface area (Å²) < 4.78 is 36.3. The van der Waals surface area contributed by atoms with Crippen molar-refractivity contribution in [1.82, 2.24) is 14.1 Å². The summed E-state index contributed by atoms with van der Waals surface area (Å²) in [5.41, 5.74) is 4.41. The molecule has 0 amide bonds. The Labute approximate surface area is 168 Å². The number of hydrogen-bond acceptors (Lipinski definition) is 4. The molecule has 0 fully saturated rings. The van der Waals surface area contributed by atoms with E-state index in [4.69, 9.17) is 4.74 Å². The second kappa shape index (κ2) is 8.86. The van der Waals surface area contributed by atoms with Gasteiger partial charge < -0.3 is 24.1 Å². The van der Waals surface area contributed by atoms with Crippen LogP contribution in [0.4, 0.5) is 8.78 Å². The van der Waals surface area contributed by atoms with Crippen LogP contribution < -0.4 is 0 Å². The van der Waals surface area contributed by atoms with E-state index in [-0.39, 0.29) is 6.54 Å². The largest absolute Gasteiger partial charge is 0.394 e. The highest BCUT2D eigenvalue weighted by atomic mass is 19.2. The van der Waals surface area contributed by atoms with Gasteiger partial charge >= 0.3 is 0 Å². The van der Waals surface area contributed by atoms with Crippen molar-refractivity contribution in [2.24, 2.45) is 0 Å². The van der Waals surface area contributed by atoms with E-state index in [1.54, 1.807) is 11.7 Å². The van der Waals surface area contributed by atoms with Crippen molar-refractivity contribution >= 4 is 0 Å². The van der Waals surface area contributed by atoms with Gasteiger partial charge in [0.15, 0.2) is 11.6 Å². The SMILES string of the molecule is COCCn1c(C)cc(-c2c(-c3ccc(F)c(F)c3)ncn2CC(O)CO)c1C. The van der Waals surface area contributed by atoms with Gasteiger partial charge in [-0.3, -0.25) is 0 Å². The van der Waals surface area contributed by atoms with E-state index in [1.165, 1.54) is 12.4 Å². The minimum absolute atomic E-state index is 0.115. The van der Waals surface area contributed by atoms with Crippen LogP contribution in [0.5, 0.6) is 0 Å². The van der Waals surface area contributed by atoms with Gasteiger partial charge in [0.25, 0.3) is 0 Å². The zero-order valence-corrected chi connectivity index (χ0v) is 16.7. The van der Waals surface area contributed by atoms with Gasteiger partial charge in [-0.25, -0.2) is 13.8 Å². The number of halogens is 2. The summed E-state index contributed by atoms with van der Waals surface area (Å²) in [6.45, 7) is 4.88. The fraction of sp³-hybridized carbons (Fsp3) is 0.381. The third-order valence-corrected chi connectivity index (χ3v) is 5.00. The first-order valence-corrected chi connectivity index (χ1v) is 9.32. The van der Waals surface area contributed by atoms with Crippen molar-refractivity contribution < 1.29 is 23.7 Å². The minimum atomic E-state index is -0.974. The van der Waals surface area contributed by atoms with Gasteiger partial charge in [0, 0.05) is 36.2 Å². The molecular weight excluding hydrogens is 380 g/mol. The van der Waals surface area contributed by atoms with Gasteiger partial charge in [0.1, 0.15) is 0 Å². The van der Waals surface area contributed by atoms with Crippen molar-refractivity contribution in [1.29, 1.82) is 0 Å². The normalized spacial score (nSPS) is 12.5. The number of rotatable bonds is 8. The first-order valence-electron chi connectivity index (χ1n) is 9.32. The maximum atomic E-state index is 13.9. The van der Waals surface area contributed by atoms with E-state index in [0.717, 1.165) is 29.1 Å². The number of methoxy groups -OCH3 is 1. The molecule has 0 saturated carbocycles. The summed E-state index contributed by atoms with van der Waals surface area (Å²) in [4.78, 5) is 4.41. The lowest BCUT2D eigenvalue weighted by atomic mass is 10.0. The zero-order valence-electron chi connectivity index (χ0n) is 16.7. The molecule has 156 valence electrons. The maximum Gasteiger partial charge on any atom is 0.159 e. The Morgan fingerprint density at radius 3 is 2.59 bits per heavy atom. The van der Waals surface area contributed by atoms with E-state index in [9.17, 15) is 19.0 Å². The molecule has 29 heavy (non-hydrogen) atoms. The monoisotopic (exact) mass is 405 g/mol. The van der Waals surface area contributed by atoms with Gasteiger partial charge in [-0.15, -0.1) is 0 Å². The quantitative estimate of drug-likeness (QED) is 0.605. The van der Waals surface area contributed by atoms with Crippen molar-refractivity contribution in [3.63, 3.8) is 0 Å². The molecule has 0 bridgehead atoms. The predicted octanol–water partition coefficient (Wildman–Crippen LogP) is 2.91. The lowest BCUT2D eigenvalue weighted by Gasteiger charge is -2.14. The van der Waals surface area contributed by atoms with E-state index < -0.39 is 24.3 Å². The van der Waals surface area contributed by atoms with Crippen LogP contribution in [0.3, 0.4) is 0 Å². The summed E-state index contributed by atoms with van der Waals surface area (Å²) in [5.74, 6) is -1.88. The molecule has 3 aromatic rings. The van der Waals surface area contributed by atoms with Crippen molar-refractivity contribution in [2.45, 2.75) is 33.0 Å². The third kappa shape index (κ3) is 4.24. The molecule has 0 aliphatic heterocycles. The Hall–Kier alpha value is -2.55. The van der Waals surface area contributed by atoms with Crippen LogP contribution in [-0.2, 0) is 17.8 Å². The Morgan fingerprint density at radius 2 is 1.93 bits per heavy atom. The fourth-order valence-corrected chi connectivity index (χ4v) is 3.51. The molecule has 1 unspecified atom stereocenters. The van der Waals surface area contributed by atoms with Gasteiger partial charge in [0.05, 0.1) is 43.6 Å². The van der Waals surface area contributed by atoms with E-state index in [0.29, 0.717) is 30.1 Å². The van der Waals surface area contributed by atoms with Gasteiger partial charge in [0.2, 0.25) is 0 Å². The number of imidazole rings is 1. The van der Waals surface area contributed by atoms with Gasteiger partial charge in [-0.05, 0) is 38.1 Å². The van der Waals surface area contributed by atoms with Crippen LogP contribution in [0, 0.1) is 25.5 Å². The smallest absolute Gasteiger partial charge is 0.159 e. The van der Waals surface area contributed by atoms with Crippen molar-refractivity contribution in [3.8, 4) is 22.5 Å². The second-order valence-electron chi connectivity index (χ2n) is 6.99. The molecule has 2 aromatic heterocycles. The average molecular weight is 405 g/mol. The van der Waals surface area contributed by atoms with Crippen LogP contribution in [0.2, 0.25) is 0 Å². The first-order chi connectivity index (χ1) is 13.9. The van der Waals surface area contributed by atoms with Crippen molar-refractivity contribution in [3.05, 3.63) is 53.6 Å². The van der Waals surface area contributed by atoms with Crippen LogP contribution in [-0.4, -0.2) is 50.8 Å². The topological polar surface area (TPSA) is 72.4 Å². The molecule has 0 spiro atoms. The molecule has 0 aliphatic rings. The van der Waals surface area contributed by atoms with Crippen molar-refractivity contribution in [2.75, 3.05) is 20.3 Å². The number of aromatic nitrogens is 3.